The van der Waals surface area contributed by atoms with Gasteiger partial charge in [0, 0.05) is 6.07 Å². The number of benzene rings is 1. The summed E-state index contributed by atoms with van der Waals surface area (Å²) in [5, 5.41) is 3.01. The normalized spacial score (nSPS) is 18.0. The maximum atomic E-state index is 12.9. The first-order valence-corrected chi connectivity index (χ1v) is 4.96. The van der Waals surface area contributed by atoms with Crippen molar-refractivity contribution in [2.75, 3.05) is 19.0 Å². The first-order chi connectivity index (χ1) is 7.69. The van der Waals surface area contributed by atoms with Gasteiger partial charge in [0.2, 0.25) is 0 Å². The SMILES string of the molecule is COC(=O)CC1CNc2cc(F)ccc2O1. The Labute approximate surface area is 92.4 Å². The molecule has 0 fully saturated rings. The summed E-state index contributed by atoms with van der Waals surface area (Å²) in [5.74, 6) is -0.0832. The van der Waals surface area contributed by atoms with E-state index in [-0.39, 0.29) is 24.3 Å². The second-order valence-electron chi connectivity index (χ2n) is 3.54. The van der Waals surface area contributed by atoms with Gasteiger partial charge in [-0.1, -0.05) is 0 Å². The average Bonchev–Trinajstić information content (AvgIpc) is 2.29. The summed E-state index contributed by atoms with van der Waals surface area (Å²) in [6.07, 6.45) is -0.0919. The third-order valence-corrected chi connectivity index (χ3v) is 2.38. The van der Waals surface area contributed by atoms with E-state index >= 15 is 0 Å². The fourth-order valence-electron chi connectivity index (χ4n) is 1.57. The molecule has 1 unspecified atom stereocenters. The molecule has 1 aromatic carbocycles. The molecule has 1 aromatic rings. The van der Waals surface area contributed by atoms with Crippen LogP contribution in [0.15, 0.2) is 18.2 Å². The molecule has 1 aliphatic heterocycles. The van der Waals surface area contributed by atoms with Gasteiger partial charge in [0.25, 0.3) is 0 Å². The van der Waals surface area contributed by atoms with E-state index in [0.717, 1.165) is 0 Å². The van der Waals surface area contributed by atoms with Crippen LogP contribution in [0.1, 0.15) is 6.42 Å². The summed E-state index contributed by atoms with van der Waals surface area (Å²) in [5.41, 5.74) is 0.612. The number of carbonyl (C=O) groups excluding carboxylic acids is 1. The molecule has 0 amide bonds. The first kappa shape index (κ1) is 10.7. The number of hydrogen-bond acceptors (Lipinski definition) is 4. The Morgan fingerprint density at radius 3 is 3.25 bits per heavy atom. The van der Waals surface area contributed by atoms with E-state index in [9.17, 15) is 9.18 Å². The molecule has 1 N–H and O–H groups in total. The molecular weight excluding hydrogens is 213 g/mol. The third kappa shape index (κ3) is 2.24. The Balaban J connectivity index is 2.06. The van der Waals surface area contributed by atoms with Crippen molar-refractivity contribution in [3.8, 4) is 5.75 Å². The molecule has 0 radical (unpaired) electrons. The van der Waals surface area contributed by atoms with Gasteiger partial charge in [-0.2, -0.15) is 0 Å². The zero-order valence-corrected chi connectivity index (χ0v) is 8.83. The highest BCUT2D eigenvalue weighted by Crippen LogP contribution is 2.30. The van der Waals surface area contributed by atoms with Gasteiger partial charge in [-0.25, -0.2) is 4.39 Å². The van der Waals surface area contributed by atoms with Crippen LogP contribution in [-0.2, 0) is 9.53 Å². The van der Waals surface area contributed by atoms with Gasteiger partial charge in [-0.3, -0.25) is 4.79 Å². The largest absolute Gasteiger partial charge is 0.486 e. The molecule has 0 aromatic heterocycles. The summed E-state index contributed by atoms with van der Waals surface area (Å²) < 4.78 is 23.0. The molecule has 0 aliphatic carbocycles. The van der Waals surface area contributed by atoms with Crippen LogP contribution in [0.2, 0.25) is 0 Å². The summed E-state index contributed by atoms with van der Waals surface area (Å²) in [7, 11) is 1.34. The van der Waals surface area contributed by atoms with Crippen molar-refractivity contribution < 1.29 is 18.7 Å². The third-order valence-electron chi connectivity index (χ3n) is 2.38. The topological polar surface area (TPSA) is 47.6 Å². The van der Waals surface area contributed by atoms with E-state index in [0.29, 0.717) is 18.0 Å². The predicted molar refractivity (Wildman–Crippen MR) is 55.9 cm³/mol. The molecule has 1 aliphatic rings. The molecule has 16 heavy (non-hydrogen) atoms. The Hall–Kier alpha value is -1.78. The van der Waals surface area contributed by atoms with Crippen molar-refractivity contribution in [1.82, 2.24) is 0 Å². The molecule has 0 bridgehead atoms. The second kappa shape index (κ2) is 4.38. The quantitative estimate of drug-likeness (QED) is 0.776. The number of rotatable bonds is 2. The number of fused-ring (bicyclic) bond motifs is 1. The number of nitrogens with one attached hydrogen (secondary N) is 1. The minimum absolute atomic E-state index is 0.181. The lowest BCUT2D eigenvalue weighted by Gasteiger charge is -2.26. The van der Waals surface area contributed by atoms with E-state index in [1.54, 1.807) is 6.07 Å². The van der Waals surface area contributed by atoms with Crippen LogP contribution in [0.4, 0.5) is 10.1 Å². The summed E-state index contributed by atoms with van der Waals surface area (Å²) in [6, 6.07) is 4.23. The van der Waals surface area contributed by atoms with Crippen LogP contribution in [0.25, 0.3) is 0 Å². The fourth-order valence-corrected chi connectivity index (χ4v) is 1.57. The second-order valence-corrected chi connectivity index (χ2v) is 3.54. The van der Waals surface area contributed by atoms with E-state index in [2.05, 4.69) is 10.1 Å². The summed E-state index contributed by atoms with van der Waals surface area (Å²) >= 11 is 0. The molecule has 0 saturated heterocycles. The number of hydrogen-bond donors (Lipinski definition) is 1. The highest BCUT2D eigenvalue weighted by molar-refractivity contribution is 5.70. The van der Waals surface area contributed by atoms with E-state index < -0.39 is 0 Å². The van der Waals surface area contributed by atoms with Gasteiger partial charge in [-0.15, -0.1) is 0 Å². The Morgan fingerprint density at radius 1 is 1.69 bits per heavy atom. The van der Waals surface area contributed by atoms with Gasteiger partial charge in [0.15, 0.2) is 0 Å². The van der Waals surface area contributed by atoms with Gasteiger partial charge < -0.3 is 14.8 Å². The molecule has 4 nitrogen and oxygen atoms in total. The average molecular weight is 225 g/mol. The molecule has 5 heteroatoms. The Bertz CT molecular complexity index is 408. The van der Waals surface area contributed by atoms with Crippen LogP contribution in [0.3, 0.4) is 0 Å². The standard InChI is InChI=1S/C11H12FNO3/c1-15-11(14)5-8-6-13-9-4-7(12)2-3-10(9)16-8/h2-4,8,13H,5-6H2,1H3. The van der Waals surface area contributed by atoms with Crippen molar-refractivity contribution in [3.63, 3.8) is 0 Å². The molecule has 86 valence electrons. The van der Waals surface area contributed by atoms with Gasteiger partial charge in [-0.05, 0) is 12.1 Å². The smallest absolute Gasteiger partial charge is 0.309 e. The predicted octanol–water partition coefficient (Wildman–Crippen LogP) is 1.56. The number of anilines is 1. The monoisotopic (exact) mass is 225 g/mol. The van der Waals surface area contributed by atoms with Crippen LogP contribution < -0.4 is 10.1 Å². The van der Waals surface area contributed by atoms with Crippen LogP contribution in [-0.4, -0.2) is 25.7 Å². The molecule has 1 heterocycles. The number of halogens is 1. The minimum atomic E-state index is -0.322. The van der Waals surface area contributed by atoms with E-state index in [4.69, 9.17) is 4.74 Å². The highest BCUT2D eigenvalue weighted by Gasteiger charge is 2.22. The van der Waals surface area contributed by atoms with Crippen LogP contribution >= 0.6 is 0 Å². The van der Waals surface area contributed by atoms with Crippen molar-refractivity contribution in [2.45, 2.75) is 12.5 Å². The number of esters is 1. The van der Waals surface area contributed by atoms with E-state index in [1.807, 2.05) is 0 Å². The maximum Gasteiger partial charge on any atom is 0.309 e. The number of ether oxygens (including phenoxy) is 2. The van der Waals surface area contributed by atoms with E-state index in [1.165, 1.54) is 19.2 Å². The number of methoxy groups -OCH3 is 1. The lowest BCUT2D eigenvalue weighted by Crippen LogP contribution is -2.33. The van der Waals surface area contributed by atoms with Crippen LogP contribution in [0.5, 0.6) is 5.75 Å². The minimum Gasteiger partial charge on any atom is -0.486 e. The first-order valence-electron chi connectivity index (χ1n) is 4.96. The Kier molecular flexibility index (Phi) is 2.94. The van der Waals surface area contributed by atoms with Gasteiger partial charge in [0.1, 0.15) is 17.7 Å². The molecule has 1 atom stereocenters. The zero-order chi connectivity index (χ0) is 11.5. The van der Waals surface area contributed by atoms with Crippen molar-refractivity contribution >= 4 is 11.7 Å². The lowest BCUT2D eigenvalue weighted by atomic mass is 10.2. The van der Waals surface area contributed by atoms with Gasteiger partial charge >= 0.3 is 5.97 Å². The maximum absolute atomic E-state index is 12.9. The molecule has 0 saturated carbocycles. The highest BCUT2D eigenvalue weighted by atomic mass is 19.1. The summed E-state index contributed by atoms with van der Waals surface area (Å²) in [6.45, 7) is 0.464. The lowest BCUT2D eigenvalue weighted by molar-refractivity contribution is -0.142. The fraction of sp³-hybridized carbons (Fsp3) is 0.364. The number of carbonyl (C=O) groups is 1. The zero-order valence-electron chi connectivity index (χ0n) is 8.83. The summed E-state index contributed by atoms with van der Waals surface area (Å²) in [4.78, 5) is 11.1. The van der Waals surface area contributed by atoms with Crippen molar-refractivity contribution in [3.05, 3.63) is 24.0 Å². The van der Waals surface area contributed by atoms with Crippen molar-refractivity contribution in [1.29, 1.82) is 0 Å². The Morgan fingerprint density at radius 2 is 2.50 bits per heavy atom. The molecule has 0 spiro atoms. The van der Waals surface area contributed by atoms with Crippen molar-refractivity contribution in [2.24, 2.45) is 0 Å². The van der Waals surface area contributed by atoms with Crippen LogP contribution in [0, 0.1) is 5.82 Å². The molecule has 2 rings (SSSR count). The van der Waals surface area contributed by atoms with Gasteiger partial charge in [0.05, 0.1) is 25.8 Å². The molecular formula is C11H12FNO3.